The normalized spacial score (nSPS) is 12.0. The highest BCUT2D eigenvalue weighted by Crippen LogP contribution is 2.35. The van der Waals surface area contributed by atoms with Gasteiger partial charge >= 0.3 is 0 Å². The van der Waals surface area contributed by atoms with Crippen molar-refractivity contribution < 1.29 is 9.47 Å². The Balaban J connectivity index is 2.36. The SMILES string of the molecule is COc1cccc(C(Cc2ccccc2C)NN)c1OC. The third kappa shape index (κ3) is 3.35. The summed E-state index contributed by atoms with van der Waals surface area (Å²) in [6.07, 6.45) is 0.784. The van der Waals surface area contributed by atoms with Crippen molar-refractivity contribution in [3.05, 3.63) is 59.2 Å². The summed E-state index contributed by atoms with van der Waals surface area (Å²) >= 11 is 0. The van der Waals surface area contributed by atoms with Crippen molar-refractivity contribution >= 4 is 0 Å². The molecule has 4 heteroatoms. The van der Waals surface area contributed by atoms with E-state index in [0.29, 0.717) is 5.75 Å². The van der Waals surface area contributed by atoms with Crippen LogP contribution in [0.25, 0.3) is 0 Å². The van der Waals surface area contributed by atoms with Crippen LogP contribution in [-0.4, -0.2) is 14.2 Å². The zero-order chi connectivity index (χ0) is 15.2. The van der Waals surface area contributed by atoms with Crippen molar-refractivity contribution in [3.8, 4) is 11.5 Å². The Hall–Kier alpha value is -2.04. The number of methoxy groups -OCH3 is 2. The van der Waals surface area contributed by atoms with Gasteiger partial charge in [0.05, 0.1) is 20.3 Å². The Morgan fingerprint density at radius 2 is 1.81 bits per heavy atom. The van der Waals surface area contributed by atoms with Crippen LogP contribution in [0, 0.1) is 6.92 Å². The predicted octanol–water partition coefficient (Wildman–Crippen LogP) is 2.76. The number of ether oxygens (including phenoxy) is 2. The first-order valence-electron chi connectivity index (χ1n) is 6.92. The summed E-state index contributed by atoms with van der Waals surface area (Å²) in [5.41, 5.74) is 6.38. The van der Waals surface area contributed by atoms with Crippen LogP contribution < -0.4 is 20.7 Å². The van der Waals surface area contributed by atoms with Gasteiger partial charge in [-0.2, -0.15) is 0 Å². The molecule has 112 valence electrons. The monoisotopic (exact) mass is 286 g/mol. The van der Waals surface area contributed by atoms with Gasteiger partial charge in [-0.1, -0.05) is 36.4 Å². The van der Waals surface area contributed by atoms with Crippen molar-refractivity contribution in [3.63, 3.8) is 0 Å². The van der Waals surface area contributed by atoms with E-state index in [2.05, 4.69) is 24.5 Å². The van der Waals surface area contributed by atoms with E-state index in [1.807, 2.05) is 30.3 Å². The molecule has 0 saturated carbocycles. The van der Waals surface area contributed by atoms with Crippen molar-refractivity contribution in [2.75, 3.05) is 14.2 Å². The van der Waals surface area contributed by atoms with Gasteiger partial charge in [-0.3, -0.25) is 11.3 Å². The van der Waals surface area contributed by atoms with Crippen molar-refractivity contribution in [2.45, 2.75) is 19.4 Å². The number of rotatable bonds is 6. The molecule has 1 atom stereocenters. The molecule has 0 aromatic heterocycles. The van der Waals surface area contributed by atoms with E-state index in [-0.39, 0.29) is 6.04 Å². The van der Waals surface area contributed by atoms with Gasteiger partial charge in [0.25, 0.3) is 0 Å². The minimum atomic E-state index is -0.0452. The molecule has 0 heterocycles. The lowest BCUT2D eigenvalue weighted by Gasteiger charge is -2.21. The lowest BCUT2D eigenvalue weighted by atomic mass is 9.95. The number of aryl methyl sites for hydroxylation is 1. The van der Waals surface area contributed by atoms with Gasteiger partial charge in [-0.15, -0.1) is 0 Å². The summed E-state index contributed by atoms with van der Waals surface area (Å²) in [7, 11) is 3.27. The number of hydrogen-bond acceptors (Lipinski definition) is 4. The summed E-state index contributed by atoms with van der Waals surface area (Å²) in [5, 5.41) is 0. The quantitative estimate of drug-likeness (QED) is 0.633. The molecular formula is C17H22N2O2. The van der Waals surface area contributed by atoms with E-state index in [1.165, 1.54) is 11.1 Å². The van der Waals surface area contributed by atoms with Crippen LogP contribution in [0.5, 0.6) is 11.5 Å². The highest BCUT2D eigenvalue weighted by molar-refractivity contribution is 5.48. The zero-order valence-electron chi connectivity index (χ0n) is 12.7. The summed E-state index contributed by atoms with van der Waals surface area (Å²) in [6, 6.07) is 14.1. The second kappa shape index (κ2) is 7.11. The Morgan fingerprint density at radius 3 is 2.43 bits per heavy atom. The highest BCUT2D eigenvalue weighted by atomic mass is 16.5. The number of hydrazine groups is 1. The fourth-order valence-corrected chi connectivity index (χ4v) is 2.50. The van der Waals surface area contributed by atoms with Gasteiger partial charge in [0, 0.05) is 5.56 Å². The molecule has 3 N–H and O–H groups in total. The van der Waals surface area contributed by atoms with E-state index in [4.69, 9.17) is 15.3 Å². The molecule has 21 heavy (non-hydrogen) atoms. The summed E-state index contributed by atoms with van der Waals surface area (Å²) in [5.74, 6) is 7.20. The van der Waals surface area contributed by atoms with Gasteiger partial charge in [-0.25, -0.2) is 0 Å². The smallest absolute Gasteiger partial charge is 0.165 e. The molecule has 0 aliphatic heterocycles. The summed E-state index contributed by atoms with van der Waals surface area (Å²) in [4.78, 5) is 0. The Morgan fingerprint density at radius 1 is 1.05 bits per heavy atom. The Bertz CT molecular complexity index is 599. The number of para-hydroxylation sites is 1. The minimum Gasteiger partial charge on any atom is -0.493 e. The molecular weight excluding hydrogens is 264 g/mol. The largest absolute Gasteiger partial charge is 0.493 e. The Labute approximate surface area is 125 Å². The minimum absolute atomic E-state index is 0.0452. The number of nitrogens with one attached hydrogen (secondary N) is 1. The molecule has 4 nitrogen and oxygen atoms in total. The van der Waals surface area contributed by atoms with E-state index in [1.54, 1.807) is 14.2 Å². The standard InChI is InChI=1S/C17H22N2O2/c1-12-7-4-5-8-13(12)11-15(19-18)14-9-6-10-16(20-2)17(14)21-3/h4-10,15,19H,11,18H2,1-3H3. The van der Waals surface area contributed by atoms with Crippen LogP contribution >= 0.6 is 0 Å². The van der Waals surface area contributed by atoms with E-state index in [0.717, 1.165) is 17.7 Å². The second-order valence-corrected chi connectivity index (χ2v) is 4.93. The second-order valence-electron chi connectivity index (χ2n) is 4.93. The van der Waals surface area contributed by atoms with Crippen LogP contribution in [0.1, 0.15) is 22.7 Å². The highest BCUT2D eigenvalue weighted by Gasteiger charge is 2.19. The van der Waals surface area contributed by atoms with Crippen molar-refractivity contribution in [1.82, 2.24) is 5.43 Å². The van der Waals surface area contributed by atoms with E-state index < -0.39 is 0 Å². The Kier molecular flexibility index (Phi) is 5.20. The maximum absolute atomic E-state index is 5.77. The van der Waals surface area contributed by atoms with Gasteiger partial charge < -0.3 is 9.47 Å². The van der Waals surface area contributed by atoms with Crippen LogP contribution in [0.3, 0.4) is 0 Å². The molecule has 0 fully saturated rings. The van der Waals surface area contributed by atoms with Gasteiger partial charge in [0.1, 0.15) is 0 Å². The first-order valence-corrected chi connectivity index (χ1v) is 6.92. The third-order valence-electron chi connectivity index (χ3n) is 3.70. The summed E-state index contributed by atoms with van der Waals surface area (Å²) < 4.78 is 10.8. The zero-order valence-corrected chi connectivity index (χ0v) is 12.7. The van der Waals surface area contributed by atoms with Crippen molar-refractivity contribution in [1.29, 1.82) is 0 Å². The first kappa shape index (κ1) is 15.4. The predicted molar refractivity (Wildman–Crippen MR) is 84.5 cm³/mol. The van der Waals surface area contributed by atoms with Crippen LogP contribution in [0.4, 0.5) is 0 Å². The van der Waals surface area contributed by atoms with Gasteiger partial charge in [-0.05, 0) is 30.5 Å². The molecule has 0 spiro atoms. The van der Waals surface area contributed by atoms with Crippen LogP contribution in [0.2, 0.25) is 0 Å². The first-order chi connectivity index (χ1) is 10.2. The number of benzene rings is 2. The average molecular weight is 286 g/mol. The number of nitrogens with two attached hydrogens (primary N) is 1. The molecule has 0 radical (unpaired) electrons. The molecule has 2 aromatic carbocycles. The fraction of sp³-hybridized carbons (Fsp3) is 0.294. The molecule has 2 rings (SSSR count). The molecule has 0 bridgehead atoms. The van der Waals surface area contributed by atoms with E-state index >= 15 is 0 Å². The maximum atomic E-state index is 5.77. The van der Waals surface area contributed by atoms with E-state index in [9.17, 15) is 0 Å². The lowest BCUT2D eigenvalue weighted by Crippen LogP contribution is -2.30. The molecule has 2 aromatic rings. The third-order valence-corrected chi connectivity index (χ3v) is 3.70. The topological polar surface area (TPSA) is 56.5 Å². The van der Waals surface area contributed by atoms with Crippen LogP contribution in [-0.2, 0) is 6.42 Å². The molecule has 0 aliphatic carbocycles. The average Bonchev–Trinajstić information content (AvgIpc) is 2.53. The van der Waals surface area contributed by atoms with Crippen molar-refractivity contribution in [2.24, 2.45) is 5.84 Å². The lowest BCUT2D eigenvalue weighted by molar-refractivity contribution is 0.346. The maximum Gasteiger partial charge on any atom is 0.165 e. The molecule has 0 saturated heterocycles. The van der Waals surface area contributed by atoms with Gasteiger partial charge in [0.15, 0.2) is 11.5 Å². The molecule has 1 unspecified atom stereocenters. The molecule has 0 aliphatic rings. The fourth-order valence-electron chi connectivity index (χ4n) is 2.50. The summed E-state index contributed by atoms with van der Waals surface area (Å²) in [6.45, 7) is 2.10. The van der Waals surface area contributed by atoms with Gasteiger partial charge in [0.2, 0.25) is 0 Å². The van der Waals surface area contributed by atoms with Crippen LogP contribution in [0.15, 0.2) is 42.5 Å². The number of hydrogen-bond donors (Lipinski definition) is 2. The molecule has 0 amide bonds.